The molecule has 0 saturated carbocycles. The Morgan fingerprint density at radius 1 is 1.64 bits per heavy atom. The van der Waals surface area contributed by atoms with Crippen molar-refractivity contribution in [3.63, 3.8) is 0 Å². The highest BCUT2D eigenvalue weighted by Gasteiger charge is 2.08. The maximum Gasteiger partial charge on any atom is 0.138 e. The second kappa shape index (κ2) is 5.37. The first kappa shape index (κ1) is 11.5. The molecule has 0 amide bonds. The molecule has 1 unspecified atom stereocenters. The van der Waals surface area contributed by atoms with Crippen molar-refractivity contribution in [3.8, 4) is 5.75 Å². The number of carbonyl (C=O) groups excluding carboxylic acids is 1. The van der Waals surface area contributed by atoms with Crippen LogP contribution in [0.25, 0.3) is 0 Å². The molecule has 0 aliphatic carbocycles. The molecule has 1 aromatic rings. The number of hydrogen-bond donors (Lipinski definition) is 0. The number of halogens is 2. The van der Waals surface area contributed by atoms with E-state index in [1.54, 1.807) is 7.11 Å². The maximum atomic E-state index is 10.4. The second-order valence-corrected chi connectivity index (χ2v) is 4.23. The smallest absolute Gasteiger partial charge is 0.138 e. The minimum Gasteiger partial charge on any atom is -0.497 e. The van der Waals surface area contributed by atoms with Gasteiger partial charge in [-0.3, -0.25) is 0 Å². The van der Waals surface area contributed by atoms with E-state index < -0.39 is 5.38 Å². The molecule has 2 nitrogen and oxygen atoms in total. The molecule has 76 valence electrons. The van der Waals surface area contributed by atoms with Crippen molar-refractivity contribution in [2.24, 2.45) is 0 Å². The Bertz CT molecular complexity index is 328. The van der Waals surface area contributed by atoms with E-state index in [0.29, 0.717) is 6.42 Å². The summed E-state index contributed by atoms with van der Waals surface area (Å²) in [4.78, 5) is 10.4. The van der Waals surface area contributed by atoms with Gasteiger partial charge in [0.15, 0.2) is 0 Å². The van der Waals surface area contributed by atoms with E-state index in [9.17, 15) is 4.79 Å². The largest absolute Gasteiger partial charge is 0.497 e. The lowest BCUT2D eigenvalue weighted by Gasteiger charge is -2.07. The van der Waals surface area contributed by atoms with E-state index in [1.807, 2.05) is 18.2 Å². The zero-order valence-electron chi connectivity index (χ0n) is 7.67. The SMILES string of the molecule is COc1ccc(Br)c(CC(Cl)C=O)c1. The van der Waals surface area contributed by atoms with Crippen molar-refractivity contribution in [2.45, 2.75) is 11.8 Å². The fourth-order valence-corrected chi connectivity index (χ4v) is 1.67. The summed E-state index contributed by atoms with van der Waals surface area (Å²) in [5.74, 6) is 0.762. The molecule has 1 atom stereocenters. The molecule has 0 spiro atoms. The Morgan fingerprint density at radius 2 is 2.36 bits per heavy atom. The highest BCUT2D eigenvalue weighted by atomic mass is 79.9. The van der Waals surface area contributed by atoms with Gasteiger partial charge in [-0.25, -0.2) is 0 Å². The van der Waals surface area contributed by atoms with Crippen LogP contribution < -0.4 is 4.74 Å². The molecule has 4 heteroatoms. The van der Waals surface area contributed by atoms with Gasteiger partial charge in [0.1, 0.15) is 12.0 Å². The first-order valence-electron chi connectivity index (χ1n) is 4.09. The van der Waals surface area contributed by atoms with Gasteiger partial charge in [0.2, 0.25) is 0 Å². The summed E-state index contributed by atoms with van der Waals surface area (Å²) in [5, 5.41) is -0.488. The minimum absolute atomic E-state index is 0.488. The van der Waals surface area contributed by atoms with Crippen LogP contribution >= 0.6 is 27.5 Å². The van der Waals surface area contributed by atoms with Gasteiger partial charge in [0.25, 0.3) is 0 Å². The first-order chi connectivity index (χ1) is 6.67. The lowest BCUT2D eigenvalue weighted by atomic mass is 10.1. The molecule has 1 aromatic carbocycles. The van der Waals surface area contributed by atoms with Crippen LogP contribution in [0, 0.1) is 0 Å². The molecule has 0 fully saturated rings. The van der Waals surface area contributed by atoms with Crippen LogP contribution in [-0.2, 0) is 11.2 Å². The Kier molecular flexibility index (Phi) is 4.42. The molecule has 0 aromatic heterocycles. The van der Waals surface area contributed by atoms with E-state index in [2.05, 4.69) is 15.9 Å². The van der Waals surface area contributed by atoms with Crippen LogP contribution in [0.2, 0.25) is 0 Å². The van der Waals surface area contributed by atoms with Gasteiger partial charge >= 0.3 is 0 Å². The summed E-state index contributed by atoms with van der Waals surface area (Å²) in [7, 11) is 1.60. The summed E-state index contributed by atoms with van der Waals surface area (Å²) < 4.78 is 6.01. The number of ether oxygens (including phenoxy) is 1. The summed E-state index contributed by atoms with van der Waals surface area (Å²) in [6.07, 6.45) is 1.23. The van der Waals surface area contributed by atoms with Crippen molar-refractivity contribution in [2.75, 3.05) is 7.11 Å². The van der Waals surface area contributed by atoms with Gasteiger partial charge in [0, 0.05) is 4.47 Å². The van der Waals surface area contributed by atoms with Crippen molar-refractivity contribution < 1.29 is 9.53 Å². The lowest BCUT2D eigenvalue weighted by Crippen LogP contribution is -2.05. The topological polar surface area (TPSA) is 26.3 Å². The average molecular weight is 278 g/mol. The molecule has 0 saturated heterocycles. The van der Waals surface area contributed by atoms with Crippen molar-refractivity contribution in [1.29, 1.82) is 0 Å². The zero-order valence-corrected chi connectivity index (χ0v) is 10.0. The van der Waals surface area contributed by atoms with Crippen molar-refractivity contribution in [1.82, 2.24) is 0 Å². The summed E-state index contributed by atoms with van der Waals surface area (Å²) >= 11 is 9.12. The molecule has 0 heterocycles. The van der Waals surface area contributed by atoms with Gasteiger partial charge in [-0.15, -0.1) is 11.6 Å². The summed E-state index contributed by atoms with van der Waals surface area (Å²) in [6.45, 7) is 0. The molecule has 0 aliphatic rings. The van der Waals surface area contributed by atoms with Gasteiger partial charge in [-0.2, -0.15) is 0 Å². The van der Waals surface area contributed by atoms with E-state index in [-0.39, 0.29) is 0 Å². The van der Waals surface area contributed by atoms with E-state index in [0.717, 1.165) is 22.1 Å². The van der Waals surface area contributed by atoms with Crippen LogP contribution in [0.15, 0.2) is 22.7 Å². The second-order valence-electron chi connectivity index (χ2n) is 2.81. The number of carbonyl (C=O) groups is 1. The van der Waals surface area contributed by atoms with Crippen molar-refractivity contribution >= 4 is 33.8 Å². The highest BCUT2D eigenvalue weighted by Crippen LogP contribution is 2.24. The monoisotopic (exact) mass is 276 g/mol. The van der Waals surface area contributed by atoms with Crippen LogP contribution in [0.4, 0.5) is 0 Å². The highest BCUT2D eigenvalue weighted by molar-refractivity contribution is 9.10. The predicted molar refractivity (Wildman–Crippen MR) is 60.1 cm³/mol. The van der Waals surface area contributed by atoms with Gasteiger partial charge in [-0.1, -0.05) is 15.9 Å². The molecule has 0 aliphatic heterocycles. The normalized spacial score (nSPS) is 12.2. The van der Waals surface area contributed by atoms with E-state index in [1.165, 1.54) is 0 Å². The number of benzene rings is 1. The average Bonchev–Trinajstić information content (AvgIpc) is 2.21. The summed E-state index contributed by atoms with van der Waals surface area (Å²) in [5.41, 5.74) is 0.969. The first-order valence-corrected chi connectivity index (χ1v) is 5.32. The standard InChI is InChI=1S/C10H10BrClO2/c1-14-9-2-3-10(11)7(5-9)4-8(12)6-13/h2-3,5-6,8H,4H2,1H3. The lowest BCUT2D eigenvalue weighted by molar-refractivity contribution is -0.107. The molecular weight excluding hydrogens is 267 g/mol. The van der Waals surface area contributed by atoms with Crippen LogP contribution in [0.5, 0.6) is 5.75 Å². The Morgan fingerprint density at radius 3 is 2.93 bits per heavy atom. The number of rotatable bonds is 4. The fraction of sp³-hybridized carbons (Fsp3) is 0.300. The molecular formula is C10H10BrClO2. The van der Waals surface area contributed by atoms with Gasteiger partial charge < -0.3 is 9.53 Å². The molecule has 0 radical (unpaired) electrons. The third kappa shape index (κ3) is 3.00. The van der Waals surface area contributed by atoms with Gasteiger partial charge in [0.05, 0.1) is 12.5 Å². The fourth-order valence-electron chi connectivity index (χ4n) is 1.09. The third-order valence-corrected chi connectivity index (χ3v) is 2.85. The summed E-state index contributed by atoms with van der Waals surface area (Å²) in [6, 6.07) is 5.59. The number of methoxy groups -OCH3 is 1. The Hall–Kier alpha value is -0.540. The van der Waals surface area contributed by atoms with E-state index in [4.69, 9.17) is 16.3 Å². The van der Waals surface area contributed by atoms with Crippen LogP contribution in [0.3, 0.4) is 0 Å². The van der Waals surface area contributed by atoms with Crippen LogP contribution in [0.1, 0.15) is 5.56 Å². The molecule has 14 heavy (non-hydrogen) atoms. The predicted octanol–water partition coefficient (Wildman–Crippen LogP) is 2.81. The minimum atomic E-state index is -0.488. The third-order valence-electron chi connectivity index (χ3n) is 1.82. The van der Waals surface area contributed by atoms with E-state index >= 15 is 0 Å². The number of hydrogen-bond acceptors (Lipinski definition) is 2. The van der Waals surface area contributed by atoms with Gasteiger partial charge in [-0.05, 0) is 30.2 Å². The Labute approximate surface area is 96.3 Å². The maximum absolute atomic E-state index is 10.4. The Balaban J connectivity index is 2.88. The van der Waals surface area contributed by atoms with Crippen LogP contribution in [-0.4, -0.2) is 18.8 Å². The zero-order chi connectivity index (χ0) is 10.6. The quantitative estimate of drug-likeness (QED) is 0.625. The molecule has 0 bridgehead atoms. The molecule has 1 rings (SSSR count). The molecule has 0 N–H and O–H groups in total. The number of aldehydes is 1. The van der Waals surface area contributed by atoms with Crippen molar-refractivity contribution in [3.05, 3.63) is 28.2 Å². The number of alkyl halides is 1.